The molecule has 2 N–H and O–H groups in total. The molecule has 2 aromatic heterocycles. The summed E-state index contributed by atoms with van der Waals surface area (Å²) in [4.78, 5) is 16.3. The zero-order chi connectivity index (χ0) is 16.3. The van der Waals surface area contributed by atoms with Crippen LogP contribution in [0.2, 0.25) is 4.34 Å². The second-order valence-electron chi connectivity index (χ2n) is 5.28. The molecule has 0 unspecified atom stereocenters. The number of nitrogens with one attached hydrogen (secondary N) is 2. The SMILES string of the molecule is C#CCCC1(CCNC(=O)c2c[nH]cc2-c2ccc(Cl)s2)N=N1. The van der Waals surface area contributed by atoms with Crippen molar-refractivity contribution in [1.82, 2.24) is 10.3 Å². The van der Waals surface area contributed by atoms with Crippen molar-refractivity contribution in [1.29, 1.82) is 0 Å². The van der Waals surface area contributed by atoms with E-state index in [2.05, 4.69) is 26.4 Å². The summed E-state index contributed by atoms with van der Waals surface area (Å²) in [7, 11) is 0. The molecule has 1 aliphatic rings. The van der Waals surface area contributed by atoms with Crippen LogP contribution in [0, 0.1) is 12.3 Å². The highest BCUT2D eigenvalue weighted by atomic mass is 35.5. The summed E-state index contributed by atoms with van der Waals surface area (Å²) in [5.41, 5.74) is 1.08. The van der Waals surface area contributed by atoms with Crippen LogP contribution in [-0.2, 0) is 0 Å². The van der Waals surface area contributed by atoms with Gasteiger partial charge in [-0.05, 0) is 12.1 Å². The van der Waals surface area contributed by atoms with Crippen LogP contribution in [0.5, 0.6) is 0 Å². The molecule has 0 spiro atoms. The van der Waals surface area contributed by atoms with Crippen LogP contribution < -0.4 is 5.32 Å². The van der Waals surface area contributed by atoms with E-state index in [0.717, 1.165) is 16.9 Å². The molecule has 0 radical (unpaired) electrons. The van der Waals surface area contributed by atoms with Crippen LogP contribution in [0.15, 0.2) is 34.8 Å². The molecule has 0 saturated carbocycles. The maximum absolute atomic E-state index is 12.4. The Morgan fingerprint density at radius 3 is 2.87 bits per heavy atom. The molecular formula is C16H15ClN4OS. The van der Waals surface area contributed by atoms with Gasteiger partial charge in [0.25, 0.3) is 5.91 Å². The van der Waals surface area contributed by atoms with Crippen LogP contribution in [0.3, 0.4) is 0 Å². The summed E-state index contributed by atoms with van der Waals surface area (Å²) in [5.74, 6) is 2.47. The molecule has 0 aliphatic carbocycles. The largest absolute Gasteiger partial charge is 0.366 e. The van der Waals surface area contributed by atoms with Crippen molar-refractivity contribution in [3.63, 3.8) is 0 Å². The minimum atomic E-state index is -0.373. The molecule has 0 fully saturated rings. The van der Waals surface area contributed by atoms with Crippen LogP contribution in [0.4, 0.5) is 0 Å². The van der Waals surface area contributed by atoms with Gasteiger partial charge in [-0.25, -0.2) is 0 Å². The normalized spacial score (nSPS) is 14.4. The van der Waals surface area contributed by atoms with Gasteiger partial charge >= 0.3 is 0 Å². The Hall–Kier alpha value is -2.10. The summed E-state index contributed by atoms with van der Waals surface area (Å²) < 4.78 is 0.694. The number of aromatic nitrogens is 1. The van der Waals surface area contributed by atoms with Crippen molar-refractivity contribution < 1.29 is 4.79 Å². The third kappa shape index (κ3) is 3.63. The Bertz CT molecular complexity index is 780. The molecule has 1 aliphatic heterocycles. The zero-order valence-electron chi connectivity index (χ0n) is 12.3. The molecule has 0 aromatic carbocycles. The van der Waals surface area contributed by atoms with Gasteiger partial charge in [0.2, 0.25) is 0 Å². The molecule has 1 amide bonds. The van der Waals surface area contributed by atoms with E-state index >= 15 is 0 Å². The number of halogens is 1. The number of carbonyl (C=O) groups excluding carboxylic acids is 1. The summed E-state index contributed by atoms with van der Waals surface area (Å²) in [6.45, 7) is 0.506. The number of H-pyrrole nitrogens is 1. The van der Waals surface area contributed by atoms with E-state index in [-0.39, 0.29) is 11.6 Å². The van der Waals surface area contributed by atoms with Crippen LogP contribution in [0.25, 0.3) is 10.4 Å². The third-order valence-corrected chi connectivity index (χ3v) is 4.96. The summed E-state index contributed by atoms with van der Waals surface area (Å²) in [5, 5.41) is 11.0. The number of hydrogen-bond acceptors (Lipinski definition) is 4. The predicted octanol–water partition coefficient (Wildman–Crippen LogP) is 4.09. The Balaban J connectivity index is 1.58. The second kappa shape index (κ2) is 6.57. The van der Waals surface area contributed by atoms with Crippen molar-refractivity contribution in [2.45, 2.75) is 24.9 Å². The number of aromatic amines is 1. The number of carbonyl (C=O) groups is 1. The molecule has 23 heavy (non-hydrogen) atoms. The summed E-state index contributed by atoms with van der Waals surface area (Å²) in [6.07, 6.45) is 10.8. The average molecular weight is 347 g/mol. The van der Waals surface area contributed by atoms with Crippen molar-refractivity contribution in [3.8, 4) is 22.8 Å². The standard InChI is InChI=1S/C16H15ClN4OS/c1-2-3-6-16(20-21-16)7-8-19-15(22)12-10-18-9-11(12)13-4-5-14(17)23-13/h1,4-5,9-10,18H,3,6-8H2,(H,19,22). The number of hydrogen-bond donors (Lipinski definition) is 2. The number of terminal acetylenes is 1. The fourth-order valence-corrected chi connectivity index (χ4v) is 3.43. The molecule has 3 rings (SSSR count). The van der Waals surface area contributed by atoms with E-state index in [1.54, 1.807) is 12.4 Å². The first-order valence-corrected chi connectivity index (χ1v) is 8.41. The highest BCUT2D eigenvalue weighted by Gasteiger charge is 2.38. The first-order chi connectivity index (χ1) is 11.1. The van der Waals surface area contributed by atoms with E-state index in [0.29, 0.717) is 29.3 Å². The molecule has 0 atom stereocenters. The zero-order valence-corrected chi connectivity index (χ0v) is 13.9. The lowest BCUT2D eigenvalue weighted by Gasteiger charge is -2.10. The van der Waals surface area contributed by atoms with E-state index in [4.69, 9.17) is 18.0 Å². The minimum absolute atomic E-state index is 0.126. The maximum atomic E-state index is 12.4. The Morgan fingerprint density at radius 1 is 1.39 bits per heavy atom. The molecule has 3 heterocycles. The molecule has 118 valence electrons. The molecule has 5 nitrogen and oxygen atoms in total. The summed E-state index contributed by atoms with van der Waals surface area (Å²) >= 11 is 7.41. The van der Waals surface area contributed by atoms with E-state index in [9.17, 15) is 4.79 Å². The lowest BCUT2D eigenvalue weighted by molar-refractivity contribution is 0.0952. The van der Waals surface area contributed by atoms with E-state index in [1.807, 2.05) is 12.1 Å². The van der Waals surface area contributed by atoms with Gasteiger partial charge in [0.05, 0.1) is 9.90 Å². The van der Waals surface area contributed by atoms with Crippen molar-refractivity contribution in [2.75, 3.05) is 6.54 Å². The van der Waals surface area contributed by atoms with Crippen molar-refractivity contribution >= 4 is 28.8 Å². The molecule has 2 aromatic rings. The average Bonchev–Trinajstić information content (AvgIpc) is 2.95. The van der Waals surface area contributed by atoms with Gasteiger partial charge in [-0.1, -0.05) is 11.6 Å². The lowest BCUT2D eigenvalue weighted by atomic mass is 10.0. The fraction of sp³-hybridized carbons (Fsp3) is 0.312. The van der Waals surface area contributed by atoms with Gasteiger partial charge in [0.15, 0.2) is 5.66 Å². The summed E-state index contributed by atoms with van der Waals surface area (Å²) in [6, 6.07) is 3.73. The molecule has 0 bridgehead atoms. The highest BCUT2D eigenvalue weighted by Crippen LogP contribution is 2.36. The lowest BCUT2D eigenvalue weighted by Crippen LogP contribution is -2.28. The highest BCUT2D eigenvalue weighted by molar-refractivity contribution is 7.19. The van der Waals surface area contributed by atoms with E-state index < -0.39 is 0 Å². The topological polar surface area (TPSA) is 69.6 Å². The monoisotopic (exact) mass is 346 g/mol. The van der Waals surface area contributed by atoms with Gasteiger partial charge < -0.3 is 10.3 Å². The predicted molar refractivity (Wildman–Crippen MR) is 91.7 cm³/mol. The van der Waals surface area contributed by atoms with Crippen LogP contribution in [-0.4, -0.2) is 23.1 Å². The maximum Gasteiger partial charge on any atom is 0.253 e. The minimum Gasteiger partial charge on any atom is -0.366 e. The number of amides is 1. The van der Waals surface area contributed by atoms with Gasteiger partial charge in [0, 0.05) is 48.6 Å². The Morgan fingerprint density at radius 2 is 2.22 bits per heavy atom. The van der Waals surface area contributed by atoms with Gasteiger partial charge in [-0.3, -0.25) is 4.79 Å². The molecular weight excluding hydrogens is 332 g/mol. The van der Waals surface area contributed by atoms with Crippen molar-refractivity contribution in [2.24, 2.45) is 10.2 Å². The first-order valence-electron chi connectivity index (χ1n) is 7.22. The Kier molecular flexibility index (Phi) is 4.51. The first kappa shape index (κ1) is 15.8. The number of rotatable bonds is 7. The molecule has 0 saturated heterocycles. The number of thiophene rings is 1. The fourth-order valence-electron chi connectivity index (χ4n) is 2.35. The Labute approximate surface area is 143 Å². The van der Waals surface area contributed by atoms with Gasteiger partial charge in [-0.15, -0.1) is 23.7 Å². The number of nitrogens with zero attached hydrogens (tertiary/aromatic N) is 2. The van der Waals surface area contributed by atoms with Crippen molar-refractivity contribution in [3.05, 3.63) is 34.4 Å². The van der Waals surface area contributed by atoms with Gasteiger partial charge in [-0.2, -0.15) is 10.2 Å². The van der Waals surface area contributed by atoms with Crippen LogP contribution in [0.1, 0.15) is 29.6 Å². The van der Waals surface area contributed by atoms with Crippen LogP contribution >= 0.6 is 22.9 Å². The quantitative estimate of drug-likeness (QED) is 0.728. The molecule has 7 heteroatoms. The van der Waals surface area contributed by atoms with Gasteiger partial charge in [0.1, 0.15) is 0 Å². The van der Waals surface area contributed by atoms with E-state index in [1.165, 1.54) is 11.3 Å². The third-order valence-electron chi connectivity index (χ3n) is 3.69. The second-order valence-corrected chi connectivity index (χ2v) is 6.99. The smallest absolute Gasteiger partial charge is 0.253 e.